The van der Waals surface area contributed by atoms with Gasteiger partial charge in [0, 0.05) is 5.69 Å². The molecule has 0 spiro atoms. The molecule has 0 radical (unpaired) electrons. The first kappa shape index (κ1) is 9.84. The second-order valence-corrected chi connectivity index (χ2v) is 3.58. The largest absolute Gasteiger partial charge is 0.490 e. The summed E-state index contributed by atoms with van der Waals surface area (Å²) >= 11 is 0. The normalized spacial score (nSPS) is 11.3. The number of nitrogens with two attached hydrogens (primary N) is 1. The maximum absolute atomic E-state index is 13.0. The Labute approximate surface area is 77.5 Å². The lowest BCUT2D eigenvalue weighted by atomic mass is 10.2. The zero-order chi connectivity index (χ0) is 9.90. The third-order valence-corrected chi connectivity index (χ3v) is 1.46. The third-order valence-electron chi connectivity index (χ3n) is 1.46. The highest BCUT2D eigenvalue weighted by Gasteiger charge is 2.15. The Balaban J connectivity index is 2.51. The van der Waals surface area contributed by atoms with Crippen LogP contribution in [0.1, 0.15) is 13.8 Å². The van der Waals surface area contributed by atoms with Gasteiger partial charge in [-0.15, -0.1) is 0 Å². The lowest BCUT2D eigenvalue weighted by Crippen LogP contribution is -2.22. The molecule has 3 heteroatoms. The van der Waals surface area contributed by atoms with Gasteiger partial charge in [-0.05, 0) is 38.1 Å². The first-order chi connectivity index (χ1) is 5.97. The van der Waals surface area contributed by atoms with Crippen LogP contribution < -0.4 is 10.5 Å². The fraction of sp³-hybridized carbons (Fsp3) is 0.400. The molecule has 0 aliphatic heterocycles. The first-order valence-corrected chi connectivity index (χ1v) is 4.15. The summed E-state index contributed by atoms with van der Waals surface area (Å²) < 4.78 is 18.2. The van der Waals surface area contributed by atoms with Crippen molar-refractivity contribution >= 4 is 5.69 Å². The number of hydrogen-bond donors (Lipinski definition) is 1. The van der Waals surface area contributed by atoms with Gasteiger partial charge in [-0.3, -0.25) is 0 Å². The van der Waals surface area contributed by atoms with E-state index in [2.05, 4.69) is 0 Å². The van der Waals surface area contributed by atoms with Gasteiger partial charge in [0.05, 0.1) is 0 Å². The maximum atomic E-state index is 13.0. The molecule has 2 nitrogen and oxygen atoms in total. The van der Waals surface area contributed by atoms with E-state index in [4.69, 9.17) is 10.5 Å². The van der Waals surface area contributed by atoms with Crippen LogP contribution in [0.3, 0.4) is 0 Å². The standard InChI is InChI=1S/C10H14FNO/c1-10(2,11)7-13-9-5-3-8(12)4-6-9/h3-6H,7,12H2,1-2H3. The number of hydrogen-bond acceptors (Lipinski definition) is 2. The van der Waals surface area contributed by atoms with E-state index in [0.29, 0.717) is 11.4 Å². The lowest BCUT2D eigenvalue weighted by molar-refractivity contribution is 0.121. The summed E-state index contributed by atoms with van der Waals surface area (Å²) in [6, 6.07) is 6.89. The smallest absolute Gasteiger partial charge is 0.139 e. The van der Waals surface area contributed by atoms with Crippen molar-refractivity contribution in [3.8, 4) is 5.75 Å². The van der Waals surface area contributed by atoms with Crippen molar-refractivity contribution in [1.82, 2.24) is 0 Å². The number of ether oxygens (including phenoxy) is 1. The number of anilines is 1. The molecule has 0 atom stereocenters. The van der Waals surface area contributed by atoms with Crippen molar-refractivity contribution in [2.24, 2.45) is 0 Å². The molecule has 0 saturated heterocycles. The summed E-state index contributed by atoms with van der Waals surface area (Å²) in [5.74, 6) is 0.639. The Hall–Kier alpha value is -1.25. The summed E-state index contributed by atoms with van der Waals surface area (Å²) in [5, 5.41) is 0. The molecule has 2 N–H and O–H groups in total. The van der Waals surface area contributed by atoms with Crippen LogP contribution in [0.5, 0.6) is 5.75 Å². The van der Waals surface area contributed by atoms with E-state index < -0.39 is 5.67 Å². The Kier molecular flexibility index (Phi) is 2.76. The molecule has 0 fully saturated rings. The minimum atomic E-state index is -1.30. The van der Waals surface area contributed by atoms with E-state index >= 15 is 0 Å². The summed E-state index contributed by atoms with van der Waals surface area (Å²) in [4.78, 5) is 0. The SMILES string of the molecule is CC(C)(F)COc1ccc(N)cc1. The van der Waals surface area contributed by atoms with Crippen LogP contribution in [0.25, 0.3) is 0 Å². The van der Waals surface area contributed by atoms with E-state index in [-0.39, 0.29) is 6.61 Å². The van der Waals surface area contributed by atoms with Crippen molar-refractivity contribution < 1.29 is 9.13 Å². The van der Waals surface area contributed by atoms with Gasteiger partial charge in [0.1, 0.15) is 18.0 Å². The van der Waals surface area contributed by atoms with E-state index in [9.17, 15) is 4.39 Å². The molecule has 0 aliphatic carbocycles. The van der Waals surface area contributed by atoms with Crippen LogP contribution >= 0.6 is 0 Å². The summed E-state index contributed by atoms with van der Waals surface area (Å²) in [7, 11) is 0. The summed E-state index contributed by atoms with van der Waals surface area (Å²) in [5.41, 5.74) is 4.85. The Bertz CT molecular complexity index is 263. The number of alkyl halides is 1. The Morgan fingerprint density at radius 1 is 1.31 bits per heavy atom. The molecule has 0 amide bonds. The zero-order valence-electron chi connectivity index (χ0n) is 7.88. The second-order valence-electron chi connectivity index (χ2n) is 3.58. The molecular weight excluding hydrogens is 169 g/mol. The molecule has 0 bridgehead atoms. The highest BCUT2D eigenvalue weighted by Crippen LogP contribution is 2.16. The topological polar surface area (TPSA) is 35.2 Å². The predicted molar refractivity (Wildman–Crippen MR) is 51.5 cm³/mol. The van der Waals surface area contributed by atoms with Gasteiger partial charge < -0.3 is 10.5 Å². The van der Waals surface area contributed by atoms with Crippen molar-refractivity contribution in [3.63, 3.8) is 0 Å². The van der Waals surface area contributed by atoms with Gasteiger partial charge in [0.25, 0.3) is 0 Å². The number of benzene rings is 1. The molecule has 1 aromatic carbocycles. The van der Waals surface area contributed by atoms with E-state index in [1.165, 1.54) is 13.8 Å². The van der Waals surface area contributed by atoms with Gasteiger partial charge in [-0.2, -0.15) is 0 Å². The fourth-order valence-electron chi connectivity index (χ4n) is 0.819. The molecule has 0 unspecified atom stereocenters. The molecule has 1 rings (SSSR count). The summed E-state index contributed by atoms with van der Waals surface area (Å²) in [6.45, 7) is 3.01. The zero-order valence-corrected chi connectivity index (χ0v) is 7.88. The van der Waals surface area contributed by atoms with Crippen LogP contribution in [0.4, 0.5) is 10.1 Å². The molecule has 13 heavy (non-hydrogen) atoms. The molecule has 0 aromatic heterocycles. The van der Waals surface area contributed by atoms with E-state index in [0.717, 1.165) is 0 Å². The summed E-state index contributed by atoms with van der Waals surface area (Å²) in [6.07, 6.45) is 0. The average Bonchev–Trinajstić information content (AvgIpc) is 2.02. The average molecular weight is 183 g/mol. The fourth-order valence-corrected chi connectivity index (χ4v) is 0.819. The minimum absolute atomic E-state index is 0.0525. The van der Waals surface area contributed by atoms with Crippen LogP contribution in [0.2, 0.25) is 0 Å². The molecule has 0 heterocycles. The Morgan fingerprint density at radius 2 is 1.85 bits per heavy atom. The van der Waals surface area contributed by atoms with Crippen LogP contribution in [-0.2, 0) is 0 Å². The third kappa shape index (κ3) is 3.78. The van der Waals surface area contributed by atoms with Gasteiger partial charge in [-0.25, -0.2) is 4.39 Å². The number of rotatable bonds is 3. The van der Waals surface area contributed by atoms with Crippen LogP contribution in [-0.4, -0.2) is 12.3 Å². The van der Waals surface area contributed by atoms with Gasteiger partial charge in [-0.1, -0.05) is 0 Å². The van der Waals surface area contributed by atoms with Gasteiger partial charge in [0.2, 0.25) is 0 Å². The highest BCUT2D eigenvalue weighted by atomic mass is 19.1. The second kappa shape index (κ2) is 3.64. The molecular formula is C10H14FNO. The van der Waals surface area contributed by atoms with Gasteiger partial charge >= 0.3 is 0 Å². The van der Waals surface area contributed by atoms with Crippen molar-refractivity contribution in [3.05, 3.63) is 24.3 Å². The quantitative estimate of drug-likeness (QED) is 0.730. The van der Waals surface area contributed by atoms with Crippen molar-refractivity contribution in [2.45, 2.75) is 19.5 Å². The molecule has 72 valence electrons. The van der Waals surface area contributed by atoms with Crippen LogP contribution in [0.15, 0.2) is 24.3 Å². The van der Waals surface area contributed by atoms with E-state index in [1.54, 1.807) is 24.3 Å². The lowest BCUT2D eigenvalue weighted by Gasteiger charge is -2.14. The highest BCUT2D eigenvalue weighted by molar-refractivity contribution is 5.41. The van der Waals surface area contributed by atoms with Crippen molar-refractivity contribution in [2.75, 3.05) is 12.3 Å². The molecule has 1 aromatic rings. The number of nitrogen functional groups attached to an aromatic ring is 1. The predicted octanol–water partition coefficient (Wildman–Crippen LogP) is 2.40. The van der Waals surface area contributed by atoms with Gasteiger partial charge in [0.15, 0.2) is 0 Å². The minimum Gasteiger partial charge on any atom is -0.490 e. The van der Waals surface area contributed by atoms with Crippen molar-refractivity contribution in [1.29, 1.82) is 0 Å². The number of halogens is 1. The molecule has 0 saturated carbocycles. The molecule has 0 aliphatic rings. The maximum Gasteiger partial charge on any atom is 0.139 e. The first-order valence-electron chi connectivity index (χ1n) is 4.15. The van der Waals surface area contributed by atoms with Crippen LogP contribution in [0, 0.1) is 0 Å². The van der Waals surface area contributed by atoms with E-state index in [1.807, 2.05) is 0 Å². The monoisotopic (exact) mass is 183 g/mol. The Morgan fingerprint density at radius 3 is 2.31 bits per heavy atom.